The highest BCUT2D eigenvalue weighted by Crippen LogP contribution is 2.66. The van der Waals surface area contributed by atoms with Crippen molar-refractivity contribution in [2.75, 3.05) is 0 Å². The lowest BCUT2D eigenvalue weighted by Crippen LogP contribution is -2.23. The molecule has 0 aliphatic heterocycles. The van der Waals surface area contributed by atoms with Gasteiger partial charge in [-0.1, -0.05) is 108 Å². The van der Waals surface area contributed by atoms with Gasteiger partial charge in [0.25, 0.3) is 0 Å². The molecule has 4 atom stereocenters. The third kappa shape index (κ3) is 5.29. The number of alkyl halides is 4. The second-order valence-corrected chi connectivity index (χ2v) is 15.6. The maximum atomic E-state index is 12.9. The first-order valence-electron chi connectivity index (χ1n) is 9.19. The van der Waals surface area contributed by atoms with Crippen LogP contribution in [0.1, 0.15) is 25.5 Å². The normalized spacial score (nSPS) is 21.8. The van der Waals surface area contributed by atoms with E-state index < -0.39 is 8.25 Å². The fourth-order valence-corrected chi connectivity index (χ4v) is 5.44. The lowest BCUT2D eigenvalue weighted by molar-refractivity contribution is -0.149. The van der Waals surface area contributed by atoms with Crippen LogP contribution in [-0.4, -0.2) is 12.9 Å². The molecule has 0 N–H and O–H groups in total. The quantitative estimate of drug-likeness (QED) is 0.238. The summed E-state index contributed by atoms with van der Waals surface area (Å²) < 4.78 is 10.9. The Labute approximate surface area is 209 Å². The van der Waals surface area contributed by atoms with E-state index in [4.69, 9.17) is 9.47 Å². The number of ether oxygens (including phenoxy) is 2. The number of benzene rings is 2. The van der Waals surface area contributed by atoms with E-state index in [2.05, 4.69) is 69.8 Å². The smallest absolute Gasteiger partial charge is 0.311 e. The number of halogens is 4. The van der Waals surface area contributed by atoms with Gasteiger partial charge < -0.3 is 9.47 Å². The van der Waals surface area contributed by atoms with E-state index in [1.165, 1.54) is 0 Å². The standard InChI is InChI=1S/C22H19Br4NO3/c1-21(2)17(19(23)22(24,25)26)18(21)20(28)30-16(12-27)13-7-6-10-15(11-13)29-14-8-4-3-5-9-14/h3-11,16-19H,1-2H3/t16-,17-,18+,19-/m1/s1. The molecule has 0 heterocycles. The van der Waals surface area contributed by atoms with Gasteiger partial charge in [0.1, 0.15) is 19.7 Å². The Hall–Kier alpha value is -0.880. The van der Waals surface area contributed by atoms with Crippen LogP contribution in [-0.2, 0) is 9.53 Å². The van der Waals surface area contributed by atoms with Crippen molar-refractivity contribution < 1.29 is 14.3 Å². The van der Waals surface area contributed by atoms with Crippen molar-refractivity contribution >= 4 is 69.7 Å². The SMILES string of the molecule is CC1(C)[C@@H]([C@@H](Br)C(Br)(Br)Br)[C@H]1C(=O)O[C@H](C#N)c1cccc(Oc2ccccc2)c1. The molecule has 0 amide bonds. The summed E-state index contributed by atoms with van der Waals surface area (Å²) in [5.41, 5.74) is 0.310. The number of esters is 1. The highest BCUT2D eigenvalue weighted by molar-refractivity contribution is 9.40. The molecule has 1 aliphatic carbocycles. The maximum absolute atomic E-state index is 12.9. The van der Waals surface area contributed by atoms with Crippen molar-refractivity contribution in [1.29, 1.82) is 5.26 Å². The van der Waals surface area contributed by atoms with Crippen LogP contribution in [0.5, 0.6) is 11.5 Å². The van der Waals surface area contributed by atoms with Gasteiger partial charge in [0.15, 0.2) is 0 Å². The van der Waals surface area contributed by atoms with Crippen LogP contribution in [0.4, 0.5) is 0 Å². The van der Waals surface area contributed by atoms with Crippen molar-refractivity contribution in [3.05, 3.63) is 60.2 Å². The van der Waals surface area contributed by atoms with Gasteiger partial charge in [-0.05, 0) is 35.6 Å². The van der Waals surface area contributed by atoms with Gasteiger partial charge in [-0.2, -0.15) is 5.26 Å². The van der Waals surface area contributed by atoms with Crippen molar-refractivity contribution in [3.63, 3.8) is 0 Å². The first-order chi connectivity index (χ1) is 14.1. The number of carbonyl (C=O) groups excluding carboxylic acids is 1. The van der Waals surface area contributed by atoms with Crippen molar-refractivity contribution in [2.45, 2.75) is 26.9 Å². The molecule has 2 aromatic carbocycles. The fourth-order valence-electron chi connectivity index (χ4n) is 3.60. The van der Waals surface area contributed by atoms with E-state index in [0.29, 0.717) is 17.1 Å². The lowest BCUT2D eigenvalue weighted by Gasteiger charge is -2.21. The van der Waals surface area contributed by atoms with E-state index in [1.807, 2.05) is 44.2 Å². The maximum Gasteiger partial charge on any atom is 0.311 e. The van der Waals surface area contributed by atoms with E-state index in [9.17, 15) is 10.1 Å². The van der Waals surface area contributed by atoms with Crippen LogP contribution >= 0.6 is 63.7 Å². The van der Waals surface area contributed by atoms with Crippen molar-refractivity contribution in [2.24, 2.45) is 17.3 Å². The van der Waals surface area contributed by atoms with Crippen molar-refractivity contribution in [3.8, 4) is 17.6 Å². The molecule has 0 saturated heterocycles. The molecule has 0 unspecified atom stereocenters. The molecule has 2 aromatic rings. The Morgan fingerprint density at radius 1 is 1.10 bits per heavy atom. The first-order valence-corrected chi connectivity index (χ1v) is 12.5. The Balaban J connectivity index is 1.72. The van der Waals surface area contributed by atoms with Crippen LogP contribution in [0, 0.1) is 28.6 Å². The average Bonchev–Trinajstić information content (AvgIpc) is 3.27. The van der Waals surface area contributed by atoms with Crippen LogP contribution in [0.25, 0.3) is 0 Å². The lowest BCUT2D eigenvalue weighted by atomic mass is 10.1. The summed E-state index contributed by atoms with van der Waals surface area (Å²) in [6, 6.07) is 18.5. The molecule has 1 saturated carbocycles. The highest BCUT2D eigenvalue weighted by atomic mass is 80.0. The summed E-state index contributed by atoms with van der Waals surface area (Å²) in [4.78, 5) is 12.8. The third-order valence-electron chi connectivity index (χ3n) is 5.28. The van der Waals surface area contributed by atoms with Crippen molar-refractivity contribution in [1.82, 2.24) is 0 Å². The second-order valence-electron chi connectivity index (χ2n) is 7.70. The molecule has 30 heavy (non-hydrogen) atoms. The van der Waals surface area contributed by atoms with E-state index in [0.717, 1.165) is 0 Å². The Morgan fingerprint density at radius 2 is 1.73 bits per heavy atom. The molecule has 1 fully saturated rings. The molecular formula is C22H19Br4NO3. The van der Waals surface area contributed by atoms with Crippen LogP contribution in [0.2, 0.25) is 0 Å². The number of hydrogen-bond acceptors (Lipinski definition) is 4. The zero-order valence-electron chi connectivity index (χ0n) is 16.2. The minimum atomic E-state index is -1.01. The molecule has 0 aromatic heterocycles. The molecule has 4 nitrogen and oxygen atoms in total. The number of carbonyl (C=O) groups is 1. The monoisotopic (exact) mass is 661 g/mol. The first kappa shape index (κ1) is 23.8. The number of hydrogen-bond donors (Lipinski definition) is 0. The zero-order chi connectivity index (χ0) is 22.1. The van der Waals surface area contributed by atoms with E-state index >= 15 is 0 Å². The average molecular weight is 665 g/mol. The molecule has 1 aliphatic rings. The molecule has 0 bridgehead atoms. The Bertz CT molecular complexity index is 953. The van der Waals surface area contributed by atoms with Gasteiger partial charge in [0.2, 0.25) is 6.10 Å². The van der Waals surface area contributed by atoms with Gasteiger partial charge in [-0.3, -0.25) is 4.79 Å². The molecule has 8 heteroatoms. The van der Waals surface area contributed by atoms with Gasteiger partial charge in [0, 0.05) is 5.56 Å². The highest BCUT2D eigenvalue weighted by Gasteiger charge is 2.67. The van der Waals surface area contributed by atoms with Crippen LogP contribution in [0.3, 0.4) is 0 Å². The molecule has 0 spiro atoms. The number of para-hydroxylation sites is 1. The molecular weight excluding hydrogens is 646 g/mol. The second kappa shape index (κ2) is 9.32. The predicted molar refractivity (Wildman–Crippen MR) is 130 cm³/mol. The summed E-state index contributed by atoms with van der Waals surface area (Å²) in [6.07, 6.45) is -1.01. The number of rotatable bonds is 6. The fraction of sp³-hybridized carbons (Fsp3) is 0.364. The van der Waals surface area contributed by atoms with Gasteiger partial charge in [-0.25, -0.2) is 0 Å². The van der Waals surface area contributed by atoms with E-state index in [1.54, 1.807) is 24.3 Å². The number of nitrogens with zero attached hydrogens (tertiary/aromatic N) is 1. The van der Waals surface area contributed by atoms with Crippen LogP contribution in [0.15, 0.2) is 54.6 Å². The largest absolute Gasteiger partial charge is 0.457 e. The molecule has 0 radical (unpaired) electrons. The molecule has 3 rings (SSSR count). The predicted octanol–water partition coefficient (Wildman–Crippen LogP) is 7.46. The van der Waals surface area contributed by atoms with Gasteiger partial charge in [-0.15, -0.1) is 0 Å². The van der Waals surface area contributed by atoms with Crippen LogP contribution < -0.4 is 4.74 Å². The summed E-state index contributed by atoms with van der Waals surface area (Å²) in [6.45, 7) is 4.04. The summed E-state index contributed by atoms with van der Waals surface area (Å²) >= 11 is 14.2. The minimum Gasteiger partial charge on any atom is -0.457 e. The summed E-state index contributed by atoms with van der Waals surface area (Å²) in [7, 11) is 0. The van der Waals surface area contributed by atoms with Gasteiger partial charge >= 0.3 is 5.97 Å². The Kier molecular flexibility index (Phi) is 7.38. The summed E-state index contributed by atoms with van der Waals surface area (Å²) in [5, 5.41) is 9.65. The van der Waals surface area contributed by atoms with Gasteiger partial charge in [0.05, 0.1) is 10.7 Å². The number of nitriles is 1. The zero-order valence-corrected chi connectivity index (χ0v) is 22.5. The Morgan fingerprint density at radius 3 is 2.33 bits per heavy atom. The topological polar surface area (TPSA) is 59.3 Å². The molecule has 158 valence electrons. The minimum absolute atomic E-state index is 0.0233. The summed E-state index contributed by atoms with van der Waals surface area (Å²) in [5.74, 6) is 0.576. The third-order valence-corrected chi connectivity index (χ3v) is 9.86. The van der Waals surface area contributed by atoms with E-state index in [-0.39, 0.29) is 28.0 Å².